The van der Waals surface area contributed by atoms with E-state index in [0.717, 1.165) is 64.1 Å². The number of piperidine rings is 1. The summed E-state index contributed by atoms with van der Waals surface area (Å²) in [5.41, 5.74) is 4.86. The van der Waals surface area contributed by atoms with Crippen molar-refractivity contribution in [2.24, 2.45) is 0 Å². The lowest BCUT2D eigenvalue weighted by atomic mass is 9.97. The molecule has 26 heavy (non-hydrogen) atoms. The average Bonchev–Trinajstić information content (AvgIpc) is 2.90. The van der Waals surface area contributed by atoms with Gasteiger partial charge in [0.25, 0.3) is 0 Å². The number of aryl methyl sites for hydroxylation is 3. The number of rotatable bonds is 3. The molecule has 1 saturated heterocycles. The highest BCUT2D eigenvalue weighted by Gasteiger charge is 2.23. The van der Waals surface area contributed by atoms with Gasteiger partial charge in [-0.05, 0) is 71.1 Å². The maximum absolute atomic E-state index is 12.8. The third-order valence-electron chi connectivity index (χ3n) is 5.70. The molecule has 1 unspecified atom stereocenters. The molecule has 0 bridgehead atoms. The first-order chi connectivity index (χ1) is 12.3. The Kier molecular flexibility index (Phi) is 5.12. The lowest BCUT2D eigenvalue weighted by Gasteiger charge is -2.32. The van der Waals surface area contributed by atoms with Crippen molar-refractivity contribution in [1.29, 1.82) is 0 Å². The molecule has 1 amide bonds. The number of allylic oxidation sites excluding steroid dienone is 1. The van der Waals surface area contributed by atoms with Crippen molar-refractivity contribution in [3.05, 3.63) is 34.6 Å². The summed E-state index contributed by atoms with van der Waals surface area (Å²) in [6, 6.07) is 2.40. The number of likely N-dealkylation sites (tertiary alicyclic amines) is 1. The summed E-state index contributed by atoms with van der Waals surface area (Å²) in [4.78, 5) is 14.8. The Morgan fingerprint density at radius 1 is 1.27 bits per heavy atom. The minimum Gasteiger partial charge on any atom is -0.496 e. The van der Waals surface area contributed by atoms with Crippen LogP contribution in [0.3, 0.4) is 0 Å². The first-order valence-electron chi connectivity index (χ1n) is 9.41. The molecule has 4 heteroatoms. The highest BCUT2D eigenvalue weighted by atomic mass is 16.5. The summed E-state index contributed by atoms with van der Waals surface area (Å²) in [6.45, 7) is 11.0. The first kappa shape index (κ1) is 18.6. The van der Waals surface area contributed by atoms with Gasteiger partial charge >= 0.3 is 0 Å². The molecule has 1 atom stereocenters. The quantitative estimate of drug-likeness (QED) is 0.713. The van der Waals surface area contributed by atoms with Crippen molar-refractivity contribution in [1.82, 2.24) is 4.90 Å². The molecule has 1 aliphatic rings. The normalized spacial score (nSPS) is 18.5. The van der Waals surface area contributed by atoms with E-state index in [4.69, 9.17) is 9.15 Å². The Balaban J connectivity index is 2.05. The number of hydrogen-bond donors (Lipinski definition) is 0. The zero-order chi connectivity index (χ0) is 19.0. The molecular formula is C22H29NO3. The van der Waals surface area contributed by atoms with Crippen molar-refractivity contribution in [2.45, 2.75) is 59.9 Å². The monoisotopic (exact) mass is 355 g/mol. The fraction of sp³-hybridized carbons (Fsp3) is 0.500. The lowest BCUT2D eigenvalue weighted by molar-refractivity contribution is -0.129. The summed E-state index contributed by atoms with van der Waals surface area (Å²) in [6.07, 6.45) is 5.13. The first-order valence-corrected chi connectivity index (χ1v) is 9.41. The van der Waals surface area contributed by atoms with Crippen molar-refractivity contribution in [3.63, 3.8) is 0 Å². The van der Waals surface area contributed by atoms with E-state index < -0.39 is 0 Å². The second-order valence-electron chi connectivity index (χ2n) is 7.45. The van der Waals surface area contributed by atoms with Crippen LogP contribution in [0.2, 0.25) is 0 Å². The molecule has 0 spiro atoms. The predicted molar refractivity (Wildman–Crippen MR) is 106 cm³/mol. The smallest absolute Gasteiger partial charge is 0.247 e. The topological polar surface area (TPSA) is 42.7 Å². The minimum absolute atomic E-state index is 0.0922. The van der Waals surface area contributed by atoms with E-state index in [0.29, 0.717) is 6.04 Å². The van der Waals surface area contributed by atoms with Gasteiger partial charge in [-0.25, -0.2) is 0 Å². The van der Waals surface area contributed by atoms with E-state index in [2.05, 4.69) is 19.9 Å². The highest BCUT2D eigenvalue weighted by Crippen LogP contribution is 2.38. The second kappa shape index (κ2) is 7.18. The number of ether oxygens (including phenoxy) is 1. The van der Waals surface area contributed by atoms with Crippen molar-refractivity contribution in [2.75, 3.05) is 13.7 Å². The summed E-state index contributed by atoms with van der Waals surface area (Å²) >= 11 is 0. The van der Waals surface area contributed by atoms with E-state index in [-0.39, 0.29) is 5.91 Å². The van der Waals surface area contributed by atoms with Gasteiger partial charge in [-0.3, -0.25) is 4.79 Å². The van der Waals surface area contributed by atoms with Crippen LogP contribution in [-0.4, -0.2) is 30.5 Å². The molecule has 0 saturated carbocycles. The van der Waals surface area contributed by atoms with Crippen LogP contribution in [0.15, 0.2) is 16.6 Å². The average molecular weight is 355 g/mol. The van der Waals surface area contributed by atoms with E-state index >= 15 is 0 Å². The number of furan rings is 1. The van der Waals surface area contributed by atoms with E-state index in [1.54, 1.807) is 13.2 Å². The van der Waals surface area contributed by atoms with Crippen molar-refractivity contribution >= 4 is 22.4 Å². The molecule has 140 valence electrons. The Hall–Kier alpha value is -2.23. The third-order valence-corrected chi connectivity index (χ3v) is 5.70. The zero-order valence-electron chi connectivity index (χ0n) is 16.7. The van der Waals surface area contributed by atoms with Gasteiger partial charge < -0.3 is 14.1 Å². The van der Waals surface area contributed by atoms with Crippen LogP contribution in [0.5, 0.6) is 5.75 Å². The van der Waals surface area contributed by atoms with Gasteiger partial charge in [-0.1, -0.05) is 0 Å². The van der Waals surface area contributed by atoms with Gasteiger partial charge in [-0.15, -0.1) is 0 Å². The molecular weight excluding hydrogens is 326 g/mol. The van der Waals surface area contributed by atoms with Gasteiger partial charge in [0.2, 0.25) is 5.91 Å². The van der Waals surface area contributed by atoms with E-state index in [1.807, 2.05) is 25.7 Å². The molecule has 4 nitrogen and oxygen atoms in total. The zero-order valence-corrected chi connectivity index (χ0v) is 16.7. The summed E-state index contributed by atoms with van der Waals surface area (Å²) in [5.74, 6) is 1.79. The number of carbonyl (C=O) groups excluding carboxylic acids is 1. The molecule has 1 aromatic heterocycles. The summed E-state index contributed by atoms with van der Waals surface area (Å²) in [5, 5.41) is 1.09. The number of methoxy groups -OCH3 is 1. The third kappa shape index (κ3) is 3.13. The second-order valence-corrected chi connectivity index (χ2v) is 7.45. The van der Waals surface area contributed by atoms with E-state index in [1.165, 1.54) is 6.42 Å². The Morgan fingerprint density at radius 3 is 2.65 bits per heavy atom. The predicted octanol–water partition coefficient (Wildman–Crippen LogP) is 5.17. The Labute approximate surface area is 155 Å². The number of fused-ring (bicyclic) bond motifs is 1. The van der Waals surface area contributed by atoms with Gasteiger partial charge in [0, 0.05) is 35.2 Å². The van der Waals surface area contributed by atoms with Crippen LogP contribution in [0, 0.1) is 20.8 Å². The SMILES string of the molecule is COc1c(/C(C)=C/C(=O)N2CCCCC2C)cc2c(C)c(C)oc2c1C. The molecule has 3 rings (SSSR count). The molecule has 2 heterocycles. The van der Waals surface area contributed by atoms with Crippen LogP contribution in [0.4, 0.5) is 0 Å². The standard InChI is InChI=1S/C22H29NO3/c1-13(11-20(24)23-10-8-7-9-14(23)2)18-12-19-15(3)17(5)26-22(19)16(4)21(18)25-6/h11-12,14H,7-10H2,1-6H3/b13-11+. The van der Waals surface area contributed by atoms with Crippen LogP contribution < -0.4 is 4.74 Å². The molecule has 0 N–H and O–H groups in total. The van der Waals surface area contributed by atoms with Crippen LogP contribution in [0.25, 0.3) is 16.5 Å². The minimum atomic E-state index is 0.0922. The van der Waals surface area contributed by atoms with E-state index in [9.17, 15) is 4.79 Å². The Morgan fingerprint density at radius 2 is 2.00 bits per heavy atom. The lowest BCUT2D eigenvalue weighted by Crippen LogP contribution is -2.41. The fourth-order valence-electron chi connectivity index (χ4n) is 3.94. The van der Waals surface area contributed by atoms with Crippen LogP contribution in [0.1, 0.15) is 55.6 Å². The highest BCUT2D eigenvalue weighted by molar-refractivity contribution is 5.98. The number of hydrogen-bond acceptors (Lipinski definition) is 3. The van der Waals surface area contributed by atoms with Crippen molar-refractivity contribution in [3.8, 4) is 5.75 Å². The molecule has 1 aromatic carbocycles. The summed E-state index contributed by atoms with van der Waals surface area (Å²) in [7, 11) is 1.67. The van der Waals surface area contributed by atoms with Gasteiger partial charge in [-0.2, -0.15) is 0 Å². The Bertz CT molecular complexity index is 875. The number of nitrogens with zero attached hydrogens (tertiary/aromatic N) is 1. The molecule has 0 aliphatic carbocycles. The van der Waals surface area contributed by atoms with Crippen molar-refractivity contribution < 1.29 is 13.9 Å². The molecule has 2 aromatic rings. The van der Waals surface area contributed by atoms with Gasteiger partial charge in [0.15, 0.2) is 0 Å². The largest absolute Gasteiger partial charge is 0.496 e. The number of amides is 1. The molecule has 1 fully saturated rings. The van der Waals surface area contributed by atoms with Gasteiger partial charge in [0.05, 0.1) is 7.11 Å². The van der Waals surface area contributed by atoms with Crippen LogP contribution in [-0.2, 0) is 4.79 Å². The van der Waals surface area contributed by atoms with Gasteiger partial charge in [0.1, 0.15) is 17.1 Å². The molecule has 0 radical (unpaired) electrons. The maximum Gasteiger partial charge on any atom is 0.247 e. The maximum atomic E-state index is 12.8. The number of benzene rings is 1. The van der Waals surface area contributed by atoms with Crippen LogP contribution >= 0.6 is 0 Å². The fourth-order valence-corrected chi connectivity index (χ4v) is 3.94. The molecule has 1 aliphatic heterocycles. The number of carbonyl (C=O) groups is 1. The summed E-state index contributed by atoms with van der Waals surface area (Å²) < 4.78 is 11.6.